The number of nitrogens with zero attached hydrogens (tertiary/aromatic N) is 2. The molecule has 0 aliphatic rings. The van der Waals surface area contributed by atoms with Crippen molar-refractivity contribution in [2.45, 2.75) is 19.8 Å². The van der Waals surface area contributed by atoms with E-state index in [0.717, 1.165) is 16.7 Å². The average Bonchev–Trinajstić information content (AvgIpc) is 2.47. The molecule has 0 radical (unpaired) electrons. The van der Waals surface area contributed by atoms with Gasteiger partial charge in [0.1, 0.15) is 5.82 Å². The summed E-state index contributed by atoms with van der Waals surface area (Å²) in [6.45, 7) is 4.02. The van der Waals surface area contributed by atoms with E-state index in [1.54, 1.807) is 19.2 Å². The van der Waals surface area contributed by atoms with Crippen molar-refractivity contribution in [2.75, 3.05) is 12.3 Å². The van der Waals surface area contributed by atoms with Gasteiger partial charge in [0.05, 0.1) is 18.7 Å². The van der Waals surface area contributed by atoms with Crippen LogP contribution in [-0.2, 0) is 9.53 Å². The van der Waals surface area contributed by atoms with Gasteiger partial charge in [-0.05, 0) is 31.0 Å². The molecule has 0 bridgehead atoms. The second-order valence-electron chi connectivity index (χ2n) is 4.46. The van der Waals surface area contributed by atoms with Gasteiger partial charge >= 0.3 is 5.97 Å². The molecule has 0 fully saturated rings. The van der Waals surface area contributed by atoms with Gasteiger partial charge in [0, 0.05) is 5.56 Å². The number of hydrogen-bond donors (Lipinski definition) is 1. The van der Waals surface area contributed by atoms with Crippen molar-refractivity contribution < 1.29 is 9.53 Å². The molecule has 0 saturated heterocycles. The minimum absolute atomic E-state index is 0.213. The highest BCUT2D eigenvalue weighted by Gasteiger charge is 2.16. The van der Waals surface area contributed by atoms with Gasteiger partial charge in [0.2, 0.25) is 0 Å². The maximum atomic E-state index is 11.7. The highest BCUT2D eigenvalue weighted by atomic mass is 16.5. The van der Waals surface area contributed by atoms with Crippen LogP contribution in [0.4, 0.5) is 5.82 Å². The summed E-state index contributed by atoms with van der Waals surface area (Å²) < 4.78 is 5.01. The molecule has 0 spiro atoms. The molecule has 1 aromatic carbocycles. The summed E-state index contributed by atoms with van der Waals surface area (Å²) >= 11 is 0. The number of nitrogen functional groups attached to an aromatic ring is 1. The SMILES string of the molecule is CCOC(=O)C(C)c1ccc(-c2cnnc(N)c2)cc1. The Morgan fingerprint density at radius 1 is 1.30 bits per heavy atom. The van der Waals surface area contributed by atoms with Crippen LogP contribution in [0.5, 0.6) is 0 Å². The van der Waals surface area contributed by atoms with E-state index in [-0.39, 0.29) is 11.9 Å². The zero-order valence-corrected chi connectivity index (χ0v) is 11.5. The second kappa shape index (κ2) is 6.14. The molecule has 2 rings (SSSR count). The summed E-state index contributed by atoms with van der Waals surface area (Å²) in [5, 5.41) is 7.54. The van der Waals surface area contributed by atoms with Crippen molar-refractivity contribution >= 4 is 11.8 Å². The molecule has 0 amide bonds. The summed E-state index contributed by atoms with van der Waals surface area (Å²) in [4.78, 5) is 11.7. The molecular formula is C15H17N3O2. The van der Waals surface area contributed by atoms with Crippen LogP contribution in [0.1, 0.15) is 25.3 Å². The largest absolute Gasteiger partial charge is 0.466 e. The van der Waals surface area contributed by atoms with Crippen LogP contribution in [0.15, 0.2) is 36.5 Å². The number of rotatable bonds is 4. The van der Waals surface area contributed by atoms with Crippen molar-refractivity contribution in [1.82, 2.24) is 10.2 Å². The quantitative estimate of drug-likeness (QED) is 0.864. The van der Waals surface area contributed by atoms with E-state index in [1.807, 2.05) is 31.2 Å². The van der Waals surface area contributed by atoms with Crippen molar-refractivity contribution in [3.63, 3.8) is 0 Å². The van der Waals surface area contributed by atoms with E-state index >= 15 is 0 Å². The van der Waals surface area contributed by atoms with Crippen molar-refractivity contribution in [3.05, 3.63) is 42.1 Å². The Labute approximate surface area is 117 Å². The van der Waals surface area contributed by atoms with Gasteiger partial charge in [-0.2, -0.15) is 5.10 Å². The topological polar surface area (TPSA) is 78.1 Å². The normalized spacial score (nSPS) is 11.9. The second-order valence-corrected chi connectivity index (χ2v) is 4.46. The number of carbonyl (C=O) groups excluding carboxylic acids is 1. The molecule has 5 heteroatoms. The van der Waals surface area contributed by atoms with Gasteiger partial charge in [-0.15, -0.1) is 5.10 Å². The zero-order chi connectivity index (χ0) is 14.5. The molecule has 0 aliphatic carbocycles. The van der Waals surface area contributed by atoms with E-state index in [9.17, 15) is 4.79 Å². The number of aromatic nitrogens is 2. The lowest BCUT2D eigenvalue weighted by Gasteiger charge is -2.11. The standard InChI is InChI=1S/C15H17N3O2/c1-3-20-15(19)10(2)11-4-6-12(7-5-11)13-8-14(16)18-17-9-13/h4-10H,3H2,1-2H3,(H2,16,18). The fraction of sp³-hybridized carbons (Fsp3) is 0.267. The number of anilines is 1. The molecule has 0 saturated carbocycles. The predicted octanol–water partition coefficient (Wildman–Crippen LogP) is 2.39. The maximum Gasteiger partial charge on any atom is 0.313 e. The first kappa shape index (κ1) is 14.0. The Hall–Kier alpha value is -2.43. The van der Waals surface area contributed by atoms with Crippen molar-refractivity contribution in [3.8, 4) is 11.1 Å². The summed E-state index contributed by atoms with van der Waals surface area (Å²) in [6.07, 6.45) is 1.65. The highest BCUT2D eigenvalue weighted by molar-refractivity contribution is 5.78. The van der Waals surface area contributed by atoms with Crippen molar-refractivity contribution in [2.24, 2.45) is 0 Å². The molecule has 104 valence electrons. The van der Waals surface area contributed by atoms with E-state index in [4.69, 9.17) is 10.5 Å². The van der Waals surface area contributed by atoms with E-state index in [1.165, 1.54) is 0 Å². The van der Waals surface area contributed by atoms with Crippen LogP contribution in [-0.4, -0.2) is 22.8 Å². The number of nitrogens with two attached hydrogens (primary N) is 1. The summed E-state index contributed by atoms with van der Waals surface area (Å²) in [6, 6.07) is 9.45. The van der Waals surface area contributed by atoms with Crippen LogP contribution in [0.25, 0.3) is 11.1 Å². The first-order chi connectivity index (χ1) is 9.61. The zero-order valence-electron chi connectivity index (χ0n) is 11.5. The Morgan fingerprint density at radius 3 is 2.60 bits per heavy atom. The number of benzene rings is 1. The molecule has 0 aliphatic heterocycles. The monoisotopic (exact) mass is 271 g/mol. The van der Waals surface area contributed by atoms with E-state index < -0.39 is 0 Å². The third-order valence-corrected chi connectivity index (χ3v) is 3.06. The van der Waals surface area contributed by atoms with Gasteiger partial charge in [-0.25, -0.2) is 0 Å². The predicted molar refractivity (Wildman–Crippen MR) is 76.9 cm³/mol. The molecule has 5 nitrogen and oxygen atoms in total. The molecule has 2 N–H and O–H groups in total. The van der Waals surface area contributed by atoms with Crippen LogP contribution in [0, 0.1) is 0 Å². The minimum Gasteiger partial charge on any atom is -0.466 e. The first-order valence-corrected chi connectivity index (χ1v) is 6.47. The minimum atomic E-state index is -0.273. The third kappa shape index (κ3) is 3.12. The van der Waals surface area contributed by atoms with Gasteiger partial charge in [-0.3, -0.25) is 4.79 Å². The smallest absolute Gasteiger partial charge is 0.313 e. The Bertz CT molecular complexity index is 596. The fourth-order valence-corrected chi connectivity index (χ4v) is 1.91. The van der Waals surface area contributed by atoms with Gasteiger partial charge < -0.3 is 10.5 Å². The fourth-order valence-electron chi connectivity index (χ4n) is 1.91. The number of ether oxygens (including phenoxy) is 1. The average molecular weight is 271 g/mol. The van der Waals surface area contributed by atoms with Gasteiger partial charge in [0.25, 0.3) is 0 Å². The Balaban J connectivity index is 2.20. The number of hydrogen-bond acceptors (Lipinski definition) is 5. The number of carbonyl (C=O) groups is 1. The van der Waals surface area contributed by atoms with Crippen LogP contribution < -0.4 is 5.73 Å². The lowest BCUT2D eigenvalue weighted by Crippen LogP contribution is -2.12. The number of esters is 1. The maximum absolute atomic E-state index is 11.7. The first-order valence-electron chi connectivity index (χ1n) is 6.47. The van der Waals surface area contributed by atoms with Crippen LogP contribution in [0.2, 0.25) is 0 Å². The summed E-state index contributed by atoms with van der Waals surface area (Å²) in [5.41, 5.74) is 8.41. The molecule has 1 heterocycles. The highest BCUT2D eigenvalue weighted by Crippen LogP contribution is 2.23. The van der Waals surface area contributed by atoms with Gasteiger partial charge in [0.15, 0.2) is 0 Å². The van der Waals surface area contributed by atoms with Gasteiger partial charge in [-0.1, -0.05) is 24.3 Å². The molecule has 2 aromatic rings. The van der Waals surface area contributed by atoms with E-state index in [0.29, 0.717) is 12.4 Å². The van der Waals surface area contributed by atoms with Crippen LogP contribution in [0.3, 0.4) is 0 Å². The Kier molecular flexibility index (Phi) is 4.30. The Morgan fingerprint density at radius 2 is 2.00 bits per heavy atom. The third-order valence-electron chi connectivity index (χ3n) is 3.06. The van der Waals surface area contributed by atoms with E-state index in [2.05, 4.69) is 10.2 Å². The molecule has 1 unspecified atom stereocenters. The molecular weight excluding hydrogens is 254 g/mol. The molecule has 1 aromatic heterocycles. The lowest BCUT2D eigenvalue weighted by molar-refractivity contribution is -0.144. The summed E-state index contributed by atoms with van der Waals surface area (Å²) in [5.74, 6) is -0.105. The van der Waals surface area contributed by atoms with Crippen molar-refractivity contribution in [1.29, 1.82) is 0 Å². The molecule has 20 heavy (non-hydrogen) atoms. The van der Waals surface area contributed by atoms with Crippen LogP contribution >= 0.6 is 0 Å². The molecule has 1 atom stereocenters. The lowest BCUT2D eigenvalue weighted by atomic mass is 9.98. The summed E-state index contributed by atoms with van der Waals surface area (Å²) in [7, 11) is 0.